The first-order chi connectivity index (χ1) is 12.0. The summed E-state index contributed by atoms with van der Waals surface area (Å²) in [5.41, 5.74) is 4.06. The molecule has 0 bridgehead atoms. The van der Waals surface area contributed by atoms with Gasteiger partial charge in [-0.2, -0.15) is 0 Å². The largest absolute Gasteiger partial charge is 0.480 e. The van der Waals surface area contributed by atoms with Crippen molar-refractivity contribution in [2.75, 3.05) is 0 Å². The fourth-order valence-electron chi connectivity index (χ4n) is 3.31. The quantitative estimate of drug-likeness (QED) is 0.739. The van der Waals surface area contributed by atoms with Crippen molar-refractivity contribution in [2.45, 2.75) is 32.4 Å². The summed E-state index contributed by atoms with van der Waals surface area (Å²) in [4.78, 5) is 37.3. The maximum atomic E-state index is 12.8. The lowest BCUT2D eigenvalue weighted by molar-refractivity contribution is -0.151. The lowest BCUT2D eigenvalue weighted by Gasteiger charge is -2.32. The third-order valence-corrected chi connectivity index (χ3v) is 4.64. The van der Waals surface area contributed by atoms with E-state index in [9.17, 15) is 14.7 Å². The molecule has 3 aromatic heterocycles. The molecule has 8 nitrogen and oxygen atoms in total. The Morgan fingerprint density at radius 2 is 2.24 bits per heavy atom. The predicted molar refractivity (Wildman–Crippen MR) is 87.9 cm³/mol. The van der Waals surface area contributed by atoms with Crippen LogP contribution >= 0.6 is 0 Å². The number of carboxylic acids is 1. The third-order valence-electron chi connectivity index (χ3n) is 4.64. The van der Waals surface area contributed by atoms with Crippen LogP contribution in [0.3, 0.4) is 0 Å². The minimum Gasteiger partial charge on any atom is -0.480 e. The highest BCUT2D eigenvalue weighted by atomic mass is 16.4. The molecular weight excluding hydrogens is 322 g/mol. The number of aliphatic carboxylic acids is 1. The average molecular weight is 339 g/mol. The maximum absolute atomic E-state index is 12.8. The summed E-state index contributed by atoms with van der Waals surface area (Å²) in [6.07, 6.45) is 5.37. The van der Waals surface area contributed by atoms with Crippen molar-refractivity contribution in [3.05, 3.63) is 53.5 Å². The number of hydrogen-bond acceptors (Lipinski definition) is 4. The number of H-pyrrole nitrogens is 1. The highest BCUT2D eigenvalue weighted by Gasteiger charge is 2.36. The fourth-order valence-corrected chi connectivity index (χ4v) is 3.31. The number of aromatic amines is 1. The van der Waals surface area contributed by atoms with Crippen LogP contribution in [0.15, 0.2) is 30.9 Å². The summed E-state index contributed by atoms with van der Waals surface area (Å²) in [5, 5.41) is 9.51. The van der Waals surface area contributed by atoms with E-state index in [2.05, 4.69) is 15.0 Å². The van der Waals surface area contributed by atoms with Crippen LogP contribution in [0.25, 0.3) is 5.65 Å². The van der Waals surface area contributed by atoms with Gasteiger partial charge >= 0.3 is 5.97 Å². The molecule has 128 valence electrons. The number of carbonyl (C=O) groups is 2. The Kier molecular flexibility index (Phi) is 3.52. The van der Waals surface area contributed by atoms with Crippen LogP contribution < -0.4 is 0 Å². The molecule has 3 aromatic rings. The SMILES string of the molecule is Cc1cccn2c(CC(=O)N3Cc4[nH]cnc4CC3C(=O)O)cnc12. The molecule has 1 unspecified atom stereocenters. The van der Waals surface area contributed by atoms with Crippen molar-refractivity contribution in [1.29, 1.82) is 0 Å². The Morgan fingerprint density at radius 1 is 1.40 bits per heavy atom. The van der Waals surface area contributed by atoms with Gasteiger partial charge in [0.15, 0.2) is 0 Å². The molecule has 0 radical (unpaired) electrons. The minimum absolute atomic E-state index is 0.0951. The van der Waals surface area contributed by atoms with Gasteiger partial charge in [-0.05, 0) is 18.6 Å². The number of aromatic nitrogens is 4. The third kappa shape index (κ3) is 2.55. The fraction of sp³-hybridized carbons (Fsp3) is 0.294. The van der Waals surface area contributed by atoms with Crippen LogP contribution in [-0.4, -0.2) is 47.3 Å². The summed E-state index contributed by atoms with van der Waals surface area (Å²) < 4.78 is 1.87. The predicted octanol–water partition coefficient (Wildman–Crippen LogP) is 0.946. The van der Waals surface area contributed by atoms with Gasteiger partial charge in [0.1, 0.15) is 11.7 Å². The van der Waals surface area contributed by atoms with Gasteiger partial charge in [-0.3, -0.25) is 4.79 Å². The number of pyridine rings is 1. The van der Waals surface area contributed by atoms with E-state index in [1.54, 1.807) is 6.20 Å². The number of imidazole rings is 2. The van der Waals surface area contributed by atoms with E-state index >= 15 is 0 Å². The lowest BCUT2D eigenvalue weighted by atomic mass is 10.0. The van der Waals surface area contributed by atoms with E-state index in [0.717, 1.165) is 22.6 Å². The lowest BCUT2D eigenvalue weighted by Crippen LogP contribution is -2.49. The molecule has 0 saturated carbocycles. The normalized spacial score (nSPS) is 16.8. The molecule has 1 atom stereocenters. The van der Waals surface area contributed by atoms with Crippen LogP contribution in [0.5, 0.6) is 0 Å². The van der Waals surface area contributed by atoms with E-state index in [-0.39, 0.29) is 25.3 Å². The molecule has 25 heavy (non-hydrogen) atoms. The molecule has 1 aliphatic rings. The van der Waals surface area contributed by atoms with Crippen molar-refractivity contribution >= 4 is 17.5 Å². The molecule has 1 aliphatic heterocycles. The second-order valence-corrected chi connectivity index (χ2v) is 6.22. The van der Waals surface area contributed by atoms with Crippen molar-refractivity contribution in [1.82, 2.24) is 24.3 Å². The van der Waals surface area contributed by atoms with Crippen molar-refractivity contribution in [3.8, 4) is 0 Å². The van der Waals surface area contributed by atoms with Gasteiger partial charge in [0.2, 0.25) is 5.91 Å². The summed E-state index contributed by atoms with van der Waals surface area (Å²) in [6, 6.07) is 2.96. The number of nitrogens with one attached hydrogen (secondary N) is 1. The van der Waals surface area contributed by atoms with Crippen LogP contribution in [0.1, 0.15) is 22.6 Å². The second-order valence-electron chi connectivity index (χ2n) is 6.22. The molecule has 8 heteroatoms. The Balaban J connectivity index is 1.63. The smallest absolute Gasteiger partial charge is 0.326 e. The Morgan fingerprint density at radius 3 is 3.04 bits per heavy atom. The maximum Gasteiger partial charge on any atom is 0.326 e. The van der Waals surface area contributed by atoms with Gasteiger partial charge in [0.05, 0.1) is 36.4 Å². The average Bonchev–Trinajstić information content (AvgIpc) is 3.21. The molecule has 0 aliphatic carbocycles. The van der Waals surface area contributed by atoms with Crippen LogP contribution in [0.4, 0.5) is 0 Å². The first kappa shape index (κ1) is 15.4. The monoisotopic (exact) mass is 339 g/mol. The Labute approximate surface area is 143 Å². The first-order valence-electron chi connectivity index (χ1n) is 7.99. The van der Waals surface area contributed by atoms with E-state index in [1.165, 1.54) is 11.2 Å². The van der Waals surface area contributed by atoms with Gasteiger partial charge in [-0.25, -0.2) is 14.8 Å². The van der Waals surface area contributed by atoms with E-state index < -0.39 is 12.0 Å². The number of carboxylic acid groups (broad SMARTS) is 1. The number of hydrogen-bond donors (Lipinski definition) is 2. The highest BCUT2D eigenvalue weighted by Crippen LogP contribution is 2.22. The summed E-state index contributed by atoms with van der Waals surface area (Å²) in [7, 11) is 0. The zero-order valence-electron chi connectivity index (χ0n) is 13.6. The topological polar surface area (TPSA) is 104 Å². The molecule has 4 rings (SSSR count). The molecule has 0 aromatic carbocycles. The van der Waals surface area contributed by atoms with E-state index in [4.69, 9.17) is 0 Å². The number of fused-ring (bicyclic) bond motifs is 2. The molecule has 0 fully saturated rings. The summed E-state index contributed by atoms with van der Waals surface area (Å²) in [5.74, 6) is -1.26. The van der Waals surface area contributed by atoms with Crippen LogP contribution in [0, 0.1) is 6.92 Å². The van der Waals surface area contributed by atoms with Crippen molar-refractivity contribution < 1.29 is 14.7 Å². The zero-order chi connectivity index (χ0) is 17.6. The first-order valence-corrected chi connectivity index (χ1v) is 7.99. The Bertz CT molecular complexity index is 974. The molecule has 0 spiro atoms. The number of nitrogens with zero attached hydrogens (tertiary/aromatic N) is 4. The second kappa shape index (κ2) is 5.73. The summed E-state index contributed by atoms with van der Waals surface area (Å²) in [6.45, 7) is 2.18. The number of aryl methyl sites for hydroxylation is 1. The molecule has 2 N–H and O–H groups in total. The molecular formula is C17H17N5O3. The van der Waals surface area contributed by atoms with Crippen molar-refractivity contribution in [2.24, 2.45) is 0 Å². The van der Waals surface area contributed by atoms with Gasteiger partial charge in [0, 0.05) is 18.8 Å². The summed E-state index contributed by atoms with van der Waals surface area (Å²) >= 11 is 0. The van der Waals surface area contributed by atoms with Crippen LogP contribution in [-0.2, 0) is 29.0 Å². The van der Waals surface area contributed by atoms with E-state index in [0.29, 0.717) is 5.69 Å². The van der Waals surface area contributed by atoms with Crippen LogP contribution in [0.2, 0.25) is 0 Å². The Hall–Kier alpha value is -3.16. The van der Waals surface area contributed by atoms with Gasteiger partial charge < -0.3 is 19.4 Å². The van der Waals surface area contributed by atoms with Crippen molar-refractivity contribution in [3.63, 3.8) is 0 Å². The van der Waals surface area contributed by atoms with Gasteiger partial charge in [-0.1, -0.05) is 6.07 Å². The molecule has 1 amide bonds. The van der Waals surface area contributed by atoms with Gasteiger partial charge in [-0.15, -0.1) is 0 Å². The van der Waals surface area contributed by atoms with E-state index in [1.807, 2.05) is 29.7 Å². The number of amides is 1. The number of rotatable bonds is 3. The molecule has 0 saturated heterocycles. The standard InChI is InChI=1S/C17H17N5O3/c1-10-3-2-4-21-11(7-18-16(10)21)5-15(23)22-8-13-12(19-9-20-13)6-14(22)17(24)25/h2-4,7,9,14H,5-6,8H2,1H3,(H,19,20)(H,24,25). The zero-order valence-corrected chi connectivity index (χ0v) is 13.6. The minimum atomic E-state index is -1.02. The highest BCUT2D eigenvalue weighted by molar-refractivity contribution is 5.85. The van der Waals surface area contributed by atoms with Gasteiger partial charge in [0.25, 0.3) is 0 Å². The number of carbonyl (C=O) groups excluding carboxylic acids is 1. The molecule has 4 heterocycles.